The SMILES string of the molecule is O=C(C1CC1)N1CCC(N[C@@H]2c3ccc(-n4c(-c5ccccc5F)nc5ccc(-n6ccc(N7CCOCC7)n6)nc54)cc3CC2F)CC1. The van der Waals surface area contributed by atoms with E-state index in [2.05, 4.69) is 10.2 Å². The molecule has 1 unspecified atom stereocenters. The average molecular weight is 665 g/mol. The Labute approximate surface area is 282 Å². The molecule has 1 saturated carbocycles. The highest BCUT2D eigenvalue weighted by atomic mass is 19.1. The normalized spacial score (nSPS) is 21.4. The Kier molecular flexibility index (Phi) is 7.65. The maximum atomic E-state index is 15.7. The molecule has 0 radical (unpaired) electrons. The van der Waals surface area contributed by atoms with Crippen LogP contribution in [0.25, 0.3) is 34.1 Å². The predicted molar refractivity (Wildman–Crippen MR) is 181 cm³/mol. The van der Waals surface area contributed by atoms with E-state index in [1.807, 2.05) is 52.1 Å². The van der Waals surface area contributed by atoms with E-state index in [-0.39, 0.29) is 30.1 Å². The molecule has 2 atom stereocenters. The molecule has 2 aliphatic heterocycles. The van der Waals surface area contributed by atoms with Gasteiger partial charge < -0.3 is 19.9 Å². The molecule has 9 rings (SSSR count). The number of rotatable bonds is 7. The number of halogens is 2. The molecule has 4 aliphatic rings. The lowest BCUT2D eigenvalue weighted by molar-refractivity contribution is -0.133. The van der Waals surface area contributed by atoms with E-state index in [1.54, 1.807) is 22.9 Å². The van der Waals surface area contributed by atoms with Crippen LogP contribution in [0.4, 0.5) is 14.6 Å². The monoisotopic (exact) mass is 664 g/mol. The van der Waals surface area contributed by atoms with Gasteiger partial charge in [-0.3, -0.25) is 9.36 Å². The van der Waals surface area contributed by atoms with Crippen LogP contribution in [0, 0.1) is 11.7 Å². The van der Waals surface area contributed by atoms with Gasteiger partial charge in [0.2, 0.25) is 5.91 Å². The third-order valence-corrected chi connectivity index (χ3v) is 10.4. The topological polar surface area (TPSA) is 93.3 Å². The number of carbonyl (C=O) groups is 1. The number of ether oxygens (including phenoxy) is 1. The van der Waals surface area contributed by atoms with Crippen LogP contribution in [0.5, 0.6) is 0 Å². The van der Waals surface area contributed by atoms with E-state index in [4.69, 9.17) is 19.8 Å². The van der Waals surface area contributed by atoms with Gasteiger partial charge in [-0.2, -0.15) is 0 Å². The second-order valence-corrected chi connectivity index (χ2v) is 13.6. The Morgan fingerprint density at radius 1 is 0.898 bits per heavy atom. The summed E-state index contributed by atoms with van der Waals surface area (Å²) in [6, 6.07) is 17.9. The van der Waals surface area contributed by atoms with Crippen LogP contribution in [-0.4, -0.2) is 86.7 Å². The molecule has 3 fully saturated rings. The summed E-state index contributed by atoms with van der Waals surface area (Å²) >= 11 is 0. The molecule has 2 aliphatic carbocycles. The van der Waals surface area contributed by atoms with Crippen molar-refractivity contribution in [3.8, 4) is 22.9 Å². The largest absolute Gasteiger partial charge is 0.378 e. The van der Waals surface area contributed by atoms with Crippen molar-refractivity contribution < 1.29 is 18.3 Å². The van der Waals surface area contributed by atoms with Gasteiger partial charge >= 0.3 is 0 Å². The van der Waals surface area contributed by atoms with Gasteiger partial charge in [0.25, 0.3) is 0 Å². The lowest BCUT2D eigenvalue weighted by Crippen LogP contribution is -2.47. The maximum Gasteiger partial charge on any atom is 0.225 e. The molecule has 5 aromatic rings. The van der Waals surface area contributed by atoms with Crippen LogP contribution in [0.15, 0.2) is 66.9 Å². The maximum absolute atomic E-state index is 15.7. The smallest absolute Gasteiger partial charge is 0.225 e. The first-order valence-corrected chi connectivity index (χ1v) is 17.4. The zero-order valence-electron chi connectivity index (χ0n) is 27.1. The van der Waals surface area contributed by atoms with Crippen LogP contribution in [-0.2, 0) is 16.0 Å². The lowest BCUT2D eigenvalue weighted by Gasteiger charge is -2.34. The number of hydrogen-bond acceptors (Lipinski definition) is 7. The number of morpholine rings is 1. The van der Waals surface area contributed by atoms with Crippen LogP contribution in [0.1, 0.15) is 42.9 Å². The Morgan fingerprint density at radius 3 is 2.51 bits per heavy atom. The Balaban J connectivity index is 1.04. The number of aromatic nitrogens is 5. The van der Waals surface area contributed by atoms with Gasteiger partial charge in [0.05, 0.1) is 24.8 Å². The number of piperidine rings is 1. The molecule has 12 heteroatoms. The molecule has 5 heterocycles. The van der Waals surface area contributed by atoms with Gasteiger partial charge in [-0.25, -0.2) is 23.4 Å². The zero-order valence-corrected chi connectivity index (χ0v) is 27.1. The van der Waals surface area contributed by atoms with Crippen molar-refractivity contribution in [2.75, 3.05) is 44.3 Å². The number of pyridine rings is 1. The fourth-order valence-corrected chi connectivity index (χ4v) is 7.58. The van der Waals surface area contributed by atoms with Crippen molar-refractivity contribution in [1.82, 2.24) is 34.5 Å². The summed E-state index contributed by atoms with van der Waals surface area (Å²) in [5, 5.41) is 8.39. The first-order chi connectivity index (χ1) is 24.0. The van der Waals surface area contributed by atoms with Crippen molar-refractivity contribution in [3.05, 3.63) is 83.8 Å². The second-order valence-electron chi connectivity index (χ2n) is 13.6. The Morgan fingerprint density at radius 2 is 1.71 bits per heavy atom. The number of amides is 1. The number of hydrogen-bond donors (Lipinski definition) is 1. The van der Waals surface area contributed by atoms with Crippen molar-refractivity contribution in [3.63, 3.8) is 0 Å². The van der Waals surface area contributed by atoms with Crippen molar-refractivity contribution >= 4 is 22.9 Å². The summed E-state index contributed by atoms with van der Waals surface area (Å²) in [6.07, 6.45) is 4.74. The summed E-state index contributed by atoms with van der Waals surface area (Å²) in [6.45, 7) is 4.32. The second kappa shape index (κ2) is 12.3. The molecule has 0 bridgehead atoms. The van der Waals surface area contributed by atoms with Crippen LogP contribution >= 0.6 is 0 Å². The Bertz CT molecular complexity index is 2030. The van der Waals surface area contributed by atoms with Crippen LogP contribution in [0.3, 0.4) is 0 Å². The van der Waals surface area contributed by atoms with Gasteiger partial charge in [0.1, 0.15) is 23.3 Å². The minimum Gasteiger partial charge on any atom is -0.378 e. The number of nitrogens with one attached hydrogen (secondary N) is 1. The first kappa shape index (κ1) is 30.4. The molecule has 252 valence electrons. The highest BCUT2D eigenvalue weighted by Crippen LogP contribution is 2.38. The standard InChI is InChI=1S/C37H38F2N8O2/c38-29-4-2-1-3-28(29)35-41-31-9-10-32(46-16-13-33(43-46)44-17-19-49-20-18-44)42-36(31)47(35)26-7-8-27-24(21-26)22-30(39)34(27)40-25-11-14-45(15-12-25)37(48)23-5-6-23/h1-4,7-10,13,16,21,23,25,30,34,40H,5-6,11-12,14-15,17-20,22H2/t30?,34-/m1/s1. The summed E-state index contributed by atoms with van der Waals surface area (Å²) in [4.78, 5) is 26.6. The van der Waals surface area contributed by atoms with Crippen LogP contribution < -0.4 is 10.2 Å². The highest BCUT2D eigenvalue weighted by molar-refractivity contribution is 5.82. The Hall–Kier alpha value is -4.68. The quantitative estimate of drug-likeness (QED) is 0.257. The third kappa shape index (κ3) is 5.66. The van der Waals surface area contributed by atoms with E-state index in [1.165, 1.54) is 6.07 Å². The van der Waals surface area contributed by atoms with Crippen molar-refractivity contribution in [2.45, 2.75) is 50.4 Å². The van der Waals surface area contributed by atoms with E-state index >= 15 is 8.78 Å². The molecule has 2 saturated heterocycles. The minimum atomic E-state index is -1.08. The number of fused-ring (bicyclic) bond motifs is 2. The van der Waals surface area contributed by atoms with E-state index < -0.39 is 12.2 Å². The lowest BCUT2D eigenvalue weighted by atomic mass is 10.0. The number of imidazole rings is 1. The first-order valence-electron chi connectivity index (χ1n) is 17.4. The number of likely N-dealkylation sites (tertiary alicyclic amines) is 1. The van der Waals surface area contributed by atoms with Gasteiger partial charge in [-0.15, -0.1) is 5.10 Å². The third-order valence-electron chi connectivity index (χ3n) is 10.4. The molecule has 10 nitrogen and oxygen atoms in total. The summed E-state index contributed by atoms with van der Waals surface area (Å²) < 4.78 is 40.1. The summed E-state index contributed by atoms with van der Waals surface area (Å²) in [7, 11) is 0. The molecule has 49 heavy (non-hydrogen) atoms. The van der Waals surface area contributed by atoms with Gasteiger partial charge in [-0.1, -0.05) is 18.2 Å². The summed E-state index contributed by atoms with van der Waals surface area (Å²) in [5.74, 6) is 2.00. The number of anilines is 1. The summed E-state index contributed by atoms with van der Waals surface area (Å²) in [5.41, 5.74) is 4.09. The number of nitrogens with zero attached hydrogens (tertiary/aromatic N) is 7. The molecular weight excluding hydrogens is 626 g/mol. The number of benzene rings is 2. The van der Waals surface area contributed by atoms with E-state index in [0.29, 0.717) is 41.6 Å². The van der Waals surface area contributed by atoms with E-state index in [0.717, 1.165) is 74.5 Å². The van der Waals surface area contributed by atoms with Crippen LogP contribution in [0.2, 0.25) is 0 Å². The molecule has 1 N–H and O–H groups in total. The fourth-order valence-electron chi connectivity index (χ4n) is 7.58. The molecule has 2 aromatic carbocycles. The molecule has 0 spiro atoms. The average Bonchev–Trinajstić information content (AvgIpc) is 3.61. The molecule has 3 aromatic heterocycles. The van der Waals surface area contributed by atoms with Crippen molar-refractivity contribution in [2.24, 2.45) is 5.92 Å². The van der Waals surface area contributed by atoms with Gasteiger partial charge in [0, 0.05) is 62.5 Å². The molecule has 1 amide bonds. The fraction of sp³-hybridized carbons (Fsp3) is 0.405. The minimum absolute atomic E-state index is 0.149. The number of alkyl halides is 1. The highest BCUT2D eigenvalue weighted by Gasteiger charge is 2.38. The predicted octanol–water partition coefficient (Wildman–Crippen LogP) is 5.17. The van der Waals surface area contributed by atoms with E-state index in [9.17, 15) is 4.79 Å². The van der Waals surface area contributed by atoms with Crippen molar-refractivity contribution in [1.29, 1.82) is 0 Å². The van der Waals surface area contributed by atoms with Gasteiger partial charge in [0.15, 0.2) is 17.3 Å². The number of carbonyl (C=O) groups excluding carboxylic acids is 1. The zero-order chi connectivity index (χ0) is 33.1. The van der Waals surface area contributed by atoms with Gasteiger partial charge in [-0.05, 0) is 73.2 Å². The molecular formula is C37H38F2N8O2.